The van der Waals surface area contributed by atoms with E-state index in [-0.39, 0.29) is 12.8 Å². The Balaban J connectivity index is 3.44. The van der Waals surface area contributed by atoms with Crippen molar-refractivity contribution < 1.29 is 62.2 Å². The second-order valence-electron chi connectivity index (χ2n) is 7.99. The molecule has 1 aromatic rings. The number of hydrogen-bond acceptors (Lipinski definition) is 1. The zero-order valence-electron chi connectivity index (χ0n) is 17.1. The minimum Gasteiger partial charge on any atom is -0.388 e. The molecule has 2 unspecified atom stereocenters. The molecule has 1 N–H and O–H groups in total. The van der Waals surface area contributed by atoms with Gasteiger partial charge in [0.25, 0.3) is 0 Å². The Bertz CT molecular complexity index is 814. The lowest BCUT2D eigenvalue weighted by atomic mass is 9.83. The number of rotatable bonds is 9. The topological polar surface area (TPSA) is 20.2 Å². The average molecular weight is 510 g/mol. The second kappa shape index (κ2) is 8.81. The Hall–Kier alpha value is -1.73. The number of hydrogen-bond donors (Lipinski definition) is 1. The standard InChI is InChI=1S/C19H19F13O/c1-9(2)7-11-5-4-6-12(8-11)13(33)10(3)14(20,21)15(22,23)16(24,25)17(26,27)18(28,29)19(30,31)32/h4-6,8-10,13,33H,7H2,1-3H3. The van der Waals surface area contributed by atoms with Crippen LogP contribution in [-0.2, 0) is 6.42 Å². The highest BCUT2D eigenvalue weighted by atomic mass is 19.4. The van der Waals surface area contributed by atoms with Crippen molar-refractivity contribution in [2.45, 2.75) is 69.1 Å². The van der Waals surface area contributed by atoms with Gasteiger partial charge in [-0.05, 0) is 23.5 Å². The summed E-state index contributed by atoms with van der Waals surface area (Å²) in [6.07, 6.45) is -9.86. The molecule has 33 heavy (non-hydrogen) atoms. The molecule has 0 aliphatic heterocycles. The van der Waals surface area contributed by atoms with Gasteiger partial charge >= 0.3 is 35.8 Å². The van der Waals surface area contributed by atoms with Crippen molar-refractivity contribution in [1.82, 2.24) is 0 Å². The van der Waals surface area contributed by atoms with E-state index in [0.29, 0.717) is 12.0 Å². The first-order chi connectivity index (χ1) is 14.5. The zero-order chi connectivity index (χ0) is 26.4. The van der Waals surface area contributed by atoms with Crippen LogP contribution in [0.25, 0.3) is 0 Å². The van der Waals surface area contributed by atoms with E-state index in [0.717, 1.165) is 12.1 Å². The maximum atomic E-state index is 14.3. The summed E-state index contributed by atoms with van der Waals surface area (Å²) in [4.78, 5) is 0. The number of benzene rings is 1. The summed E-state index contributed by atoms with van der Waals surface area (Å²) in [5.41, 5.74) is -0.127. The van der Waals surface area contributed by atoms with E-state index in [1.165, 1.54) is 12.1 Å². The predicted octanol–water partition coefficient (Wildman–Crippen LogP) is 7.29. The summed E-state index contributed by atoms with van der Waals surface area (Å²) >= 11 is 0. The smallest absolute Gasteiger partial charge is 0.388 e. The van der Waals surface area contributed by atoms with Crippen LogP contribution in [0, 0.1) is 11.8 Å². The highest BCUT2D eigenvalue weighted by molar-refractivity contribution is 5.27. The highest BCUT2D eigenvalue weighted by Gasteiger charge is 2.91. The van der Waals surface area contributed by atoms with Gasteiger partial charge in [0.1, 0.15) is 0 Å². The fourth-order valence-corrected chi connectivity index (χ4v) is 2.93. The third-order valence-corrected chi connectivity index (χ3v) is 4.94. The number of aliphatic hydroxyl groups is 1. The average Bonchev–Trinajstić information content (AvgIpc) is 2.64. The molecular weight excluding hydrogens is 491 g/mol. The maximum Gasteiger partial charge on any atom is 0.460 e. The van der Waals surface area contributed by atoms with E-state index in [4.69, 9.17) is 0 Å². The Labute approximate surface area is 179 Å². The molecule has 1 rings (SSSR count). The molecule has 1 aromatic carbocycles. The summed E-state index contributed by atoms with van der Waals surface area (Å²) in [7, 11) is 0. The maximum absolute atomic E-state index is 14.3. The van der Waals surface area contributed by atoms with Crippen molar-refractivity contribution in [2.24, 2.45) is 11.8 Å². The van der Waals surface area contributed by atoms with Crippen LogP contribution in [0.15, 0.2) is 24.3 Å². The Morgan fingerprint density at radius 1 is 0.697 bits per heavy atom. The first-order valence-electron chi connectivity index (χ1n) is 9.19. The van der Waals surface area contributed by atoms with E-state index >= 15 is 0 Å². The molecule has 0 aliphatic carbocycles. The second-order valence-corrected chi connectivity index (χ2v) is 7.99. The van der Waals surface area contributed by atoms with Crippen molar-refractivity contribution in [3.05, 3.63) is 35.4 Å². The summed E-state index contributed by atoms with van der Waals surface area (Å²) < 4.78 is 173. The third-order valence-electron chi connectivity index (χ3n) is 4.94. The molecule has 0 saturated heterocycles. The van der Waals surface area contributed by atoms with Crippen molar-refractivity contribution in [1.29, 1.82) is 0 Å². The van der Waals surface area contributed by atoms with Gasteiger partial charge in [-0.15, -0.1) is 0 Å². The largest absolute Gasteiger partial charge is 0.460 e. The SMILES string of the molecule is CC(C)Cc1cccc(C(O)C(C)C(F)(F)C(F)(F)C(F)(F)C(F)(F)C(F)(F)C(F)(F)F)c1. The molecule has 0 saturated carbocycles. The van der Waals surface area contributed by atoms with Crippen molar-refractivity contribution in [3.8, 4) is 0 Å². The van der Waals surface area contributed by atoms with E-state index in [1.807, 2.05) is 0 Å². The molecule has 14 heteroatoms. The fourth-order valence-electron chi connectivity index (χ4n) is 2.93. The van der Waals surface area contributed by atoms with Crippen LogP contribution in [0.3, 0.4) is 0 Å². The fraction of sp³-hybridized carbons (Fsp3) is 0.684. The quantitative estimate of drug-likeness (QED) is 0.346. The zero-order valence-corrected chi connectivity index (χ0v) is 17.1. The Morgan fingerprint density at radius 2 is 1.15 bits per heavy atom. The van der Waals surface area contributed by atoms with Crippen molar-refractivity contribution in [2.75, 3.05) is 0 Å². The first-order valence-corrected chi connectivity index (χ1v) is 9.19. The van der Waals surface area contributed by atoms with Crippen LogP contribution in [0.4, 0.5) is 57.1 Å². The van der Waals surface area contributed by atoms with Crippen LogP contribution >= 0.6 is 0 Å². The van der Waals surface area contributed by atoms with E-state index in [9.17, 15) is 62.2 Å². The molecule has 0 spiro atoms. The van der Waals surface area contributed by atoms with Gasteiger partial charge in [-0.1, -0.05) is 45.0 Å². The molecule has 0 amide bonds. The number of aliphatic hydroxyl groups excluding tert-OH is 1. The highest BCUT2D eigenvalue weighted by Crippen LogP contribution is 2.61. The summed E-state index contributed by atoms with van der Waals surface area (Å²) in [6.45, 7) is 3.50. The molecule has 0 aromatic heterocycles. The molecule has 0 fully saturated rings. The molecule has 0 heterocycles. The van der Waals surface area contributed by atoms with Gasteiger partial charge in [0.15, 0.2) is 0 Å². The number of halogens is 13. The molecule has 0 radical (unpaired) electrons. The lowest BCUT2D eigenvalue weighted by Gasteiger charge is -2.42. The lowest BCUT2D eigenvalue weighted by molar-refractivity contribution is -0.444. The van der Waals surface area contributed by atoms with Crippen LogP contribution in [0.2, 0.25) is 0 Å². The number of alkyl halides is 13. The van der Waals surface area contributed by atoms with Crippen LogP contribution in [0.1, 0.15) is 38.0 Å². The first kappa shape index (κ1) is 29.3. The normalized spacial score (nSPS) is 16.8. The molecule has 2 atom stereocenters. The van der Waals surface area contributed by atoms with Gasteiger partial charge in [0, 0.05) is 0 Å². The van der Waals surface area contributed by atoms with Gasteiger partial charge in [-0.2, -0.15) is 57.1 Å². The van der Waals surface area contributed by atoms with Crippen LogP contribution < -0.4 is 0 Å². The van der Waals surface area contributed by atoms with Crippen molar-refractivity contribution in [3.63, 3.8) is 0 Å². The lowest BCUT2D eigenvalue weighted by Crippen LogP contribution is -2.71. The minimum atomic E-state index is -7.97. The van der Waals surface area contributed by atoms with E-state index < -0.39 is 53.4 Å². The Kier molecular flexibility index (Phi) is 7.82. The van der Waals surface area contributed by atoms with E-state index in [2.05, 4.69) is 0 Å². The van der Waals surface area contributed by atoms with E-state index in [1.54, 1.807) is 13.8 Å². The molecule has 192 valence electrons. The summed E-state index contributed by atoms with van der Waals surface area (Å²) in [5, 5.41) is 10.0. The third kappa shape index (κ3) is 4.76. The summed E-state index contributed by atoms with van der Waals surface area (Å²) in [5.74, 6) is -40.7. The Morgan fingerprint density at radius 3 is 1.58 bits per heavy atom. The van der Waals surface area contributed by atoms with Gasteiger partial charge in [-0.3, -0.25) is 0 Å². The van der Waals surface area contributed by atoms with Gasteiger partial charge in [0.05, 0.1) is 12.0 Å². The van der Waals surface area contributed by atoms with Crippen molar-refractivity contribution >= 4 is 0 Å². The van der Waals surface area contributed by atoms with Gasteiger partial charge in [0.2, 0.25) is 0 Å². The van der Waals surface area contributed by atoms with Gasteiger partial charge in [-0.25, -0.2) is 0 Å². The van der Waals surface area contributed by atoms with Crippen LogP contribution in [-0.4, -0.2) is 40.9 Å². The molecular formula is C19H19F13O. The van der Waals surface area contributed by atoms with Crippen LogP contribution in [0.5, 0.6) is 0 Å². The van der Waals surface area contributed by atoms with Gasteiger partial charge < -0.3 is 5.11 Å². The molecule has 1 nitrogen and oxygen atoms in total. The minimum absolute atomic E-state index is 0.00295. The predicted molar refractivity (Wildman–Crippen MR) is 89.9 cm³/mol. The molecule has 0 aliphatic rings. The molecule has 0 bridgehead atoms. The summed E-state index contributed by atoms with van der Waals surface area (Å²) in [6, 6.07) is 4.59. The monoisotopic (exact) mass is 510 g/mol.